The number of benzene rings is 11. The predicted molar refractivity (Wildman–Crippen MR) is 281 cm³/mol. The van der Waals surface area contributed by atoms with Crippen molar-refractivity contribution in [2.24, 2.45) is 0 Å². The summed E-state index contributed by atoms with van der Waals surface area (Å²) < 4.78 is 0. The van der Waals surface area contributed by atoms with E-state index in [1.165, 1.54) is 132 Å². The molecular weight excluding hydrogens is 793 g/mol. The van der Waals surface area contributed by atoms with Crippen molar-refractivity contribution >= 4 is 32.3 Å². The Morgan fingerprint density at radius 2 is 0.667 bits per heavy atom. The second-order valence-corrected chi connectivity index (χ2v) is 19.6. The average molecular weight is 841 g/mol. The summed E-state index contributed by atoms with van der Waals surface area (Å²) in [5.41, 5.74) is 23.0. The first-order valence-electron chi connectivity index (χ1n) is 23.4. The van der Waals surface area contributed by atoms with Gasteiger partial charge in [0.25, 0.3) is 0 Å². The minimum atomic E-state index is -0.165. The third kappa shape index (κ3) is 5.64. The largest absolute Gasteiger partial charge is 0.0622 e. The second kappa shape index (κ2) is 14.4. The van der Waals surface area contributed by atoms with Crippen LogP contribution in [-0.4, -0.2) is 0 Å². The van der Waals surface area contributed by atoms with Crippen LogP contribution in [0.2, 0.25) is 0 Å². The lowest BCUT2D eigenvalue weighted by Crippen LogP contribution is -2.15. The van der Waals surface area contributed by atoms with Crippen LogP contribution in [0.4, 0.5) is 0 Å². The molecule has 0 fully saturated rings. The standard InChI is InChI=1S/C66H48/c1-65(2)58-29-17-15-24-49(58)50-33-31-44(39-60(50)65)43-32-34-54-56(38-43)63(57-40-61-64(51-25-12-11-23-48(51)57)55-28-16-18-30-59(55)66(61,3)4)53-27-14-13-26-52(53)62(54)47-36-45(41-19-7-5-8-20-41)35-46(37-47)42-21-9-6-10-22-42/h5-40H,1-4H3. The fourth-order valence-corrected chi connectivity index (χ4v) is 12.0. The molecule has 0 bridgehead atoms. The summed E-state index contributed by atoms with van der Waals surface area (Å²) in [6.07, 6.45) is 0. The summed E-state index contributed by atoms with van der Waals surface area (Å²) in [4.78, 5) is 0. The first-order valence-corrected chi connectivity index (χ1v) is 23.4. The molecule has 0 N–H and O–H groups in total. The molecule has 0 heterocycles. The lowest BCUT2D eigenvalue weighted by atomic mass is 9.78. The van der Waals surface area contributed by atoms with E-state index in [9.17, 15) is 0 Å². The van der Waals surface area contributed by atoms with Gasteiger partial charge in [0, 0.05) is 10.8 Å². The van der Waals surface area contributed by atoms with Crippen LogP contribution in [0.1, 0.15) is 49.9 Å². The second-order valence-electron chi connectivity index (χ2n) is 19.6. The summed E-state index contributed by atoms with van der Waals surface area (Å²) in [7, 11) is 0. The highest BCUT2D eigenvalue weighted by Gasteiger charge is 2.38. The molecule has 0 saturated heterocycles. The van der Waals surface area contributed by atoms with E-state index >= 15 is 0 Å². The SMILES string of the molecule is CC1(C)c2ccccc2-c2ccc(-c3ccc4c(-c5cc(-c6ccccc6)cc(-c6ccccc6)c5)c5ccccc5c(-c5cc6c(c7ccccc57)-c5ccccc5C6(C)C)c4c3)cc21. The predicted octanol–water partition coefficient (Wildman–Crippen LogP) is 18.1. The molecule has 13 rings (SSSR count). The lowest BCUT2D eigenvalue weighted by Gasteiger charge is -2.25. The molecule has 11 aromatic carbocycles. The number of fused-ring (bicyclic) bond motifs is 10. The molecule has 11 aromatic rings. The van der Waals surface area contributed by atoms with Crippen molar-refractivity contribution in [3.63, 3.8) is 0 Å². The van der Waals surface area contributed by atoms with Gasteiger partial charge in [-0.1, -0.05) is 210 Å². The van der Waals surface area contributed by atoms with Crippen LogP contribution in [-0.2, 0) is 10.8 Å². The molecule has 0 radical (unpaired) electrons. The van der Waals surface area contributed by atoms with Crippen molar-refractivity contribution < 1.29 is 0 Å². The normalized spacial score (nSPS) is 14.0. The fourth-order valence-electron chi connectivity index (χ4n) is 12.0. The summed E-state index contributed by atoms with van der Waals surface area (Å²) >= 11 is 0. The van der Waals surface area contributed by atoms with E-state index in [4.69, 9.17) is 0 Å². The van der Waals surface area contributed by atoms with E-state index in [1.807, 2.05) is 0 Å². The smallest absolute Gasteiger partial charge is 0.0159 e. The van der Waals surface area contributed by atoms with E-state index in [0.717, 1.165) is 0 Å². The van der Waals surface area contributed by atoms with E-state index in [1.54, 1.807) is 0 Å². The van der Waals surface area contributed by atoms with Gasteiger partial charge in [0.15, 0.2) is 0 Å². The molecule has 0 unspecified atom stereocenters. The first kappa shape index (κ1) is 38.6. The van der Waals surface area contributed by atoms with Crippen LogP contribution in [0.25, 0.3) is 110 Å². The quantitative estimate of drug-likeness (QED) is 0.151. The summed E-state index contributed by atoms with van der Waals surface area (Å²) in [5, 5.41) is 7.60. The molecule has 0 heteroatoms. The molecule has 0 nitrogen and oxygen atoms in total. The summed E-state index contributed by atoms with van der Waals surface area (Å²) in [6.45, 7) is 9.57. The Morgan fingerprint density at radius 1 is 0.212 bits per heavy atom. The lowest BCUT2D eigenvalue weighted by molar-refractivity contribution is 0.660. The minimum Gasteiger partial charge on any atom is -0.0622 e. The molecule has 0 aromatic heterocycles. The van der Waals surface area contributed by atoms with Crippen molar-refractivity contribution in [1.82, 2.24) is 0 Å². The maximum Gasteiger partial charge on any atom is 0.0159 e. The van der Waals surface area contributed by atoms with E-state index in [-0.39, 0.29) is 10.8 Å². The number of rotatable bonds is 5. The summed E-state index contributed by atoms with van der Waals surface area (Å²) in [6, 6.07) is 82.3. The topological polar surface area (TPSA) is 0 Å². The Kier molecular flexibility index (Phi) is 8.40. The van der Waals surface area contributed by atoms with Gasteiger partial charge in [0.05, 0.1) is 0 Å². The molecule has 0 aliphatic heterocycles. The van der Waals surface area contributed by atoms with Crippen molar-refractivity contribution in [2.75, 3.05) is 0 Å². The fraction of sp³-hybridized carbons (Fsp3) is 0.0909. The Bertz CT molecular complexity index is 3730. The van der Waals surface area contributed by atoms with Crippen molar-refractivity contribution in [3.05, 3.63) is 241 Å². The zero-order chi connectivity index (χ0) is 44.3. The Hall–Kier alpha value is -7.80. The van der Waals surface area contributed by atoms with E-state index in [2.05, 4.69) is 246 Å². The molecule has 0 atom stereocenters. The third-order valence-electron chi connectivity index (χ3n) is 15.2. The van der Waals surface area contributed by atoms with Gasteiger partial charge in [0.1, 0.15) is 0 Å². The number of hydrogen-bond donors (Lipinski definition) is 0. The van der Waals surface area contributed by atoms with Gasteiger partial charge < -0.3 is 0 Å². The zero-order valence-electron chi connectivity index (χ0n) is 37.8. The Labute approximate surface area is 387 Å². The van der Waals surface area contributed by atoms with Crippen LogP contribution in [0.5, 0.6) is 0 Å². The van der Waals surface area contributed by atoms with Crippen LogP contribution < -0.4 is 0 Å². The van der Waals surface area contributed by atoms with Crippen molar-refractivity contribution in [2.45, 2.75) is 38.5 Å². The van der Waals surface area contributed by atoms with Gasteiger partial charge in [-0.15, -0.1) is 0 Å². The molecule has 2 aliphatic rings. The molecule has 0 spiro atoms. The molecule has 0 saturated carbocycles. The van der Waals surface area contributed by atoms with Gasteiger partial charge >= 0.3 is 0 Å². The third-order valence-corrected chi connectivity index (χ3v) is 15.2. The maximum atomic E-state index is 2.56. The highest BCUT2D eigenvalue weighted by Crippen LogP contribution is 2.56. The van der Waals surface area contributed by atoms with E-state index in [0.29, 0.717) is 0 Å². The van der Waals surface area contributed by atoms with Crippen molar-refractivity contribution in [3.8, 4) is 77.9 Å². The van der Waals surface area contributed by atoms with Crippen LogP contribution in [0.3, 0.4) is 0 Å². The van der Waals surface area contributed by atoms with Crippen LogP contribution in [0.15, 0.2) is 218 Å². The van der Waals surface area contributed by atoms with Gasteiger partial charge in [-0.25, -0.2) is 0 Å². The van der Waals surface area contributed by atoms with Gasteiger partial charge in [-0.3, -0.25) is 0 Å². The van der Waals surface area contributed by atoms with Gasteiger partial charge in [0.2, 0.25) is 0 Å². The average Bonchev–Trinajstić information content (AvgIpc) is 3.74. The monoisotopic (exact) mass is 840 g/mol. The summed E-state index contributed by atoms with van der Waals surface area (Å²) in [5.74, 6) is 0. The molecule has 2 aliphatic carbocycles. The van der Waals surface area contributed by atoms with Crippen LogP contribution >= 0.6 is 0 Å². The minimum absolute atomic E-state index is 0.0960. The van der Waals surface area contributed by atoms with Crippen LogP contribution in [0, 0.1) is 0 Å². The number of hydrogen-bond acceptors (Lipinski definition) is 0. The van der Waals surface area contributed by atoms with Gasteiger partial charge in [-0.2, -0.15) is 0 Å². The highest BCUT2D eigenvalue weighted by atomic mass is 14.4. The zero-order valence-corrected chi connectivity index (χ0v) is 37.8. The molecule has 66 heavy (non-hydrogen) atoms. The molecule has 0 amide bonds. The molecule has 312 valence electrons. The molecular formula is C66H48. The Morgan fingerprint density at radius 3 is 1.33 bits per heavy atom. The van der Waals surface area contributed by atoms with Gasteiger partial charge in [-0.05, 0) is 169 Å². The first-order chi connectivity index (χ1) is 32.3. The Balaban J connectivity index is 1.14. The van der Waals surface area contributed by atoms with E-state index < -0.39 is 0 Å². The van der Waals surface area contributed by atoms with Crippen molar-refractivity contribution in [1.29, 1.82) is 0 Å². The highest BCUT2D eigenvalue weighted by molar-refractivity contribution is 6.25. The maximum absolute atomic E-state index is 2.56.